The molecule has 0 spiro atoms. The van der Waals surface area contributed by atoms with E-state index in [1.165, 1.54) is 0 Å². The third kappa shape index (κ3) is 4.74. The number of benzene rings is 2. The van der Waals surface area contributed by atoms with Crippen molar-refractivity contribution in [2.24, 2.45) is 0 Å². The van der Waals surface area contributed by atoms with E-state index < -0.39 is 0 Å². The maximum atomic E-state index is 11.8. The molecule has 0 fully saturated rings. The van der Waals surface area contributed by atoms with Crippen molar-refractivity contribution >= 4 is 23.0 Å². The highest BCUT2D eigenvalue weighted by Crippen LogP contribution is 2.31. The minimum absolute atomic E-state index is 0.0863. The molecule has 0 unspecified atom stereocenters. The van der Waals surface area contributed by atoms with Crippen LogP contribution in [0.3, 0.4) is 0 Å². The van der Waals surface area contributed by atoms with Gasteiger partial charge in [-0.2, -0.15) is 5.26 Å². The molecule has 0 aromatic heterocycles. The molecular formula is C20H24N4O. The lowest BCUT2D eigenvalue weighted by Gasteiger charge is -2.26. The van der Waals surface area contributed by atoms with Crippen LogP contribution in [0.5, 0.6) is 0 Å². The maximum absolute atomic E-state index is 11.8. The van der Waals surface area contributed by atoms with Crippen molar-refractivity contribution in [3.05, 3.63) is 53.6 Å². The SMILES string of the molecule is CCC(=O)Nc1cc(N(CC#N)Cc2ccccc2)c(CC)cc1N. The first kappa shape index (κ1) is 18.3. The van der Waals surface area contributed by atoms with Crippen LogP contribution in [0.4, 0.5) is 17.1 Å². The van der Waals surface area contributed by atoms with Gasteiger partial charge in [-0.05, 0) is 29.7 Å². The second kappa shape index (κ2) is 8.74. The summed E-state index contributed by atoms with van der Waals surface area (Å²) in [6, 6.07) is 16.0. The van der Waals surface area contributed by atoms with Crippen LogP contribution >= 0.6 is 0 Å². The van der Waals surface area contributed by atoms with Crippen molar-refractivity contribution in [1.29, 1.82) is 5.26 Å². The first-order valence-electron chi connectivity index (χ1n) is 8.47. The van der Waals surface area contributed by atoms with Gasteiger partial charge in [0.25, 0.3) is 0 Å². The molecular weight excluding hydrogens is 312 g/mol. The average Bonchev–Trinajstić information content (AvgIpc) is 2.63. The van der Waals surface area contributed by atoms with Crippen LogP contribution in [0, 0.1) is 11.3 Å². The maximum Gasteiger partial charge on any atom is 0.224 e. The molecule has 25 heavy (non-hydrogen) atoms. The molecule has 2 aromatic carbocycles. The molecule has 0 atom stereocenters. The van der Waals surface area contributed by atoms with Crippen molar-refractivity contribution in [3.8, 4) is 6.07 Å². The number of carbonyl (C=O) groups is 1. The van der Waals surface area contributed by atoms with Gasteiger partial charge < -0.3 is 16.0 Å². The number of nitriles is 1. The molecule has 0 radical (unpaired) electrons. The van der Waals surface area contributed by atoms with E-state index in [0.29, 0.717) is 24.3 Å². The smallest absolute Gasteiger partial charge is 0.224 e. The molecule has 5 heteroatoms. The molecule has 1 amide bonds. The Kier molecular flexibility index (Phi) is 6.41. The van der Waals surface area contributed by atoms with Crippen molar-refractivity contribution in [1.82, 2.24) is 0 Å². The Morgan fingerprint density at radius 2 is 1.96 bits per heavy atom. The summed E-state index contributed by atoms with van der Waals surface area (Å²) in [7, 11) is 0. The number of hydrogen-bond donors (Lipinski definition) is 2. The summed E-state index contributed by atoms with van der Waals surface area (Å²) < 4.78 is 0. The highest BCUT2D eigenvalue weighted by atomic mass is 16.1. The Balaban J connectivity index is 2.42. The number of nitrogens with one attached hydrogen (secondary N) is 1. The van der Waals surface area contributed by atoms with Crippen molar-refractivity contribution in [2.45, 2.75) is 33.2 Å². The number of amides is 1. The van der Waals surface area contributed by atoms with Gasteiger partial charge in [-0.15, -0.1) is 0 Å². The van der Waals surface area contributed by atoms with Crippen LogP contribution in [0.1, 0.15) is 31.4 Å². The van der Waals surface area contributed by atoms with Crippen LogP contribution in [-0.4, -0.2) is 12.5 Å². The van der Waals surface area contributed by atoms with Gasteiger partial charge in [0.1, 0.15) is 6.54 Å². The van der Waals surface area contributed by atoms with Crippen LogP contribution < -0.4 is 16.0 Å². The second-order valence-corrected chi connectivity index (χ2v) is 5.82. The number of nitrogens with two attached hydrogens (primary N) is 1. The molecule has 0 aliphatic rings. The van der Waals surface area contributed by atoms with E-state index in [2.05, 4.69) is 18.3 Å². The highest BCUT2D eigenvalue weighted by molar-refractivity contribution is 5.94. The molecule has 5 nitrogen and oxygen atoms in total. The Morgan fingerprint density at radius 3 is 2.56 bits per heavy atom. The van der Waals surface area contributed by atoms with E-state index >= 15 is 0 Å². The summed E-state index contributed by atoms with van der Waals surface area (Å²) in [5.74, 6) is -0.0863. The molecule has 3 N–H and O–H groups in total. The summed E-state index contributed by atoms with van der Waals surface area (Å²) in [4.78, 5) is 13.8. The lowest BCUT2D eigenvalue weighted by atomic mass is 10.1. The van der Waals surface area contributed by atoms with Gasteiger partial charge in [-0.25, -0.2) is 0 Å². The van der Waals surface area contributed by atoms with Crippen LogP contribution in [0.15, 0.2) is 42.5 Å². The molecule has 0 bridgehead atoms. The summed E-state index contributed by atoms with van der Waals surface area (Å²) >= 11 is 0. The summed E-state index contributed by atoms with van der Waals surface area (Å²) in [5.41, 5.74) is 10.3. The number of nitrogens with zero attached hydrogens (tertiary/aromatic N) is 2. The zero-order valence-corrected chi connectivity index (χ0v) is 14.7. The minimum Gasteiger partial charge on any atom is -0.397 e. The van der Waals surface area contributed by atoms with Crippen molar-refractivity contribution < 1.29 is 4.79 Å². The van der Waals surface area contributed by atoms with Gasteiger partial charge in [0.05, 0.1) is 17.4 Å². The number of hydrogen-bond acceptors (Lipinski definition) is 4. The first-order chi connectivity index (χ1) is 12.1. The van der Waals surface area contributed by atoms with Crippen molar-refractivity contribution in [2.75, 3.05) is 22.5 Å². The molecule has 0 heterocycles. The minimum atomic E-state index is -0.0863. The fraction of sp³-hybridized carbons (Fsp3) is 0.300. The fourth-order valence-electron chi connectivity index (χ4n) is 2.69. The first-order valence-corrected chi connectivity index (χ1v) is 8.47. The predicted octanol–water partition coefficient (Wildman–Crippen LogP) is 3.71. The van der Waals surface area contributed by atoms with Gasteiger partial charge in [0.2, 0.25) is 5.91 Å². The Labute approximate surface area is 149 Å². The van der Waals surface area contributed by atoms with E-state index in [-0.39, 0.29) is 12.5 Å². The Bertz CT molecular complexity index is 765. The summed E-state index contributed by atoms with van der Waals surface area (Å²) in [6.07, 6.45) is 1.18. The quantitative estimate of drug-likeness (QED) is 0.596. The van der Waals surface area contributed by atoms with Gasteiger partial charge in [-0.3, -0.25) is 4.79 Å². The van der Waals surface area contributed by atoms with Crippen molar-refractivity contribution in [3.63, 3.8) is 0 Å². The number of rotatable bonds is 7. The number of aryl methyl sites for hydroxylation is 1. The second-order valence-electron chi connectivity index (χ2n) is 5.82. The van der Waals surface area contributed by atoms with Gasteiger partial charge in [0.15, 0.2) is 0 Å². The van der Waals surface area contributed by atoms with E-state index in [1.54, 1.807) is 6.92 Å². The lowest BCUT2D eigenvalue weighted by Crippen LogP contribution is -2.24. The third-order valence-electron chi connectivity index (χ3n) is 4.05. The molecule has 0 aliphatic carbocycles. The zero-order chi connectivity index (χ0) is 18.2. The van der Waals surface area contributed by atoms with E-state index in [1.807, 2.05) is 47.4 Å². The van der Waals surface area contributed by atoms with E-state index in [4.69, 9.17) is 5.73 Å². The summed E-state index contributed by atoms with van der Waals surface area (Å²) in [5, 5.41) is 12.1. The molecule has 2 aromatic rings. The Morgan fingerprint density at radius 1 is 1.24 bits per heavy atom. The fourth-order valence-corrected chi connectivity index (χ4v) is 2.69. The van der Waals surface area contributed by atoms with E-state index in [9.17, 15) is 10.1 Å². The van der Waals surface area contributed by atoms with Crippen LogP contribution in [0.25, 0.3) is 0 Å². The number of anilines is 3. The molecule has 0 aliphatic heterocycles. The van der Waals surface area contributed by atoms with Gasteiger partial charge >= 0.3 is 0 Å². The standard InChI is InChI=1S/C20H24N4O/c1-3-16-12-17(22)18(23-20(25)4-2)13-19(16)24(11-10-21)14-15-8-6-5-7-9-15/h5-9,12-13H,3-4,11,14,22H2,1-2H3,(H,23,25). The van der Waals surface area contributed by atoms with Crippen LogP contribution in [0.2, 0.25) is 0 Å². The largest absolute Gasteiger partial charge is 0.397 e. The summed E-state index contributed by atoms with van der Waals surface area (Å²) in [6.45, 7) is 4.72. The topological polar surface area (TPSA) is 82.2 Å². The molecule has 130 valence electrons. The van der Waals surface area contributed by atoms with Gasteiger partial charge in [-0.1, -0.05) is 44.2 Å². The highest BCUT2D eigenvalue weighted by Gasteiger charge is 2.15. The molecule has 0 saturated heterocycles. The zero-order valence-electron chi connectivity index (χ0n) is 14.7. The predicted molar refractivity (Wildman–Crippen MR) is 102 cm³/mol. The molecule has 2 rings (SSSR count). The average molecular weight is 336 g/mol. The van der Waals surface area contributed by atoms with E-state index in [0.717, 1.165) is 23.2 Å². The van der Waals surface area contributed by atoms with Gasteiger partial charge in [0, 0.05) is 18.7 Å². The normalized spacial score (nSPS) is 10.1. The number of carbonyl (C=O) groups excluding carboxylic acids is 1. The number of nitrogen functional groups attached to an aromatic ring is 1. The molecule has 0 saturated carbocycles. The lowest BCUT2D eigenvalue weighted by molar-refractivity contribution is -0.115. The Hall–Kier alpha value is -3.00. The third-order valence-corrected chi connectivity index (χ3v) is 4.05. The monoisotopic (exact) mass is 336 g/mol. The van der Waals surface area contributed by atoms with Crippen LogP contribution in [-0.2, 0) is 17.8 Å².